The molecule has 0 spiro atoms. The van der Waals surface area contributed by atoms with Crippen molar-refractivity contribution in [2.24, 2.45) is 5.92 Å². The van der Waals surface area contributed by atoms with Gasteiger partial charge in [-0.2, -0.15) is 0 Å². The summed E-state index contributed by atoms with van der Waals surface area (Å²) in [6, 6.07) is 20.0. The molecule has 1 amide bonds. The van der Waals surface area contributed by atoms with E-state index < -0.39 is 0 Å². The molecule has 1 unspecified atom stereocenters. The molecule has 2 aromatic rings. The molecule has 22 heavy (non-hydrogen) atoms. The lowest BCUT2D eigenvalue weighted by Gasteiger charge is -2.34. The fourth-order valence-corrected chi connectivity index (χ4v) is 2.63. The van der Waals surface area contributed by atoms with Crippen LogP contribution in [0.5, 0.6) is 0 Å². The van der Waals surface area contributed by atoms with Crippen molar-refractivity contribution in [2.75, 3.05) is 18.2 Å². The van der Waals surface area contributed by atoms with Crippen LogP contribution in [0.2, 0.25) is 0 Å². The number of anilines is 1. The molecule has 1 aliphatic rings. The Bertz CT molecular complexity index is 601. The minimum Gasteiger partial charge on any atom is -0.376 e. The Kier molecular flexibility index (Phi) is 4.71. The first kappa shape index (κ1) is 14.6. The first-order valence-electron chi connectivity index (χ1n) is 7.55. The van der Waals surface area contributed by atoms with Crippen LogP contribution in [0.3, 0.4) is 0 Å². The van der Waals surface area contributed by atoms with Crippen molar-refractivity contribution in [1.82, 2.24) is 5.43 Å². The average Bonchev–Trinajstić information content (AvgIpc) is 2.56. The highest BCUT2D eigenvalue weighted by atomic mass is 16.5. The van der Waals surface area contributed by atoms with Crippen LogP contribution in [0.25, 0.3) is 0 Å². The van der Waals surface area contributed by atoms with E-state index in [1.54, 1.807) is 0 Å². The Labute approximate surface area is 130 Å². The van der Waals surface area contributed by atoms with Crippen LogP contribution >= 0.6 is 0 Å². The second-order valence-electron chi connectivity index (χ2n) is 5.55. The predicted molar refractivity (Wildman–Crippen MR) is 86.1 cm³/mol. The van der Waals surface area contributed by atoms with E-state index in [2.05, 4.69) is 5.43 Å². The van der Waals surface area contributed by atoms with Crippen molar-refractivity contribution in [2.45, 2.75) is 13.0 Å². The second kappa shape index (κ2) is 7.09. The Balaban J connectivity index is 1.54. The number of hydrogen-bond donors (Lipinski definition) is 1. The lowest BCUT2D eigenvalue weighted by molar-refractivity contribution is -0.124. The third-order valence-electron chi connectivity index (χ3n) is 3.71. The highest BCUT2D eigenvalue weighted by molar-refractivity contribution is 5.79. The zero-order chi connectivity index (χ0) is 15.2. The van der Waals surface area contributed by atoms with Gasteiger partial charge in [0.25, 0.3) is 0 Å². The first-order chi connectivity index (χ1) is 10.8. The van der Waals surface area contributed by atoms with E-state index in [0.717, 1.165) is 17.8 Å². The van der Waals surface area contributed by atoms with Gasteiger partial charge in [0, 0.05) is 18.9 Å². The number of para-hydroxylation sites is 1. The Morgan fingerprint density at radius 1 is 1.05 bits per heavy atom. The van der Waals surface area contributed by atoms with E-state index in [1.165, 1.54) is 0 Å². The normalized spacial score (nSPS) is 18.1. The van der Waals surface area contributed by atoms with Crippen LogP contribution in [-0.2, 0) is 16.1 Å². The van der Waals surface area contributed by atoms with Gasteiger partial charge >= 0.3 is 0 Å². The van der Waals surface area contributed by atoms with Gasteiger partial charge in [-0.05, 0) is 17.7 Å². The fourth-order valence-electron chi connectivity index (χ4n) is 2.63. The van der Waals surface area contributed by atoms with Gasteiger partial charge in [0.2, 0.25) is 5.91 Å². The van der Waals surface area contributed by atoms with Crippen LogP contribution in [-0.4, -0.2) is 19.1 Å². The number of nitrogens with zero attached hydrogens (tertiary/aromatic N) is 1. The smallest absolute Gasteiger partial charge is 0.238 e. The fraction of sp³-hybridized carbons (Fsp3) is 0.278. The van der Waals surface area contributed by atoms with E-state index in [4.69, 9.17) is 4.74 Å². The maximum Gasteiger partial charge on any atom is 0.238 e. The number of ether oxygens (including phenoxy) is 1. The Morgan fingerprint density at radius 3 is 2.45 bits per heavy atom. The summed E-state index contributed by atoms with van der Waals surface area (Å²) in [6.45, 7) is 1.94. The third-order valence-corrected chi connectivity index (χ3v) is 3.71. The highest BCUT2D eigenvalue weighted by Gasteiger charge is 2.25. The quantitative estimate of drug-likeness (QED) is 0.922. The second-order valence-corrected chi connectivity index (χ2v) is 5.55. The molecule has 1 aliphatic heterocycles. The lowest BCUT2D eigenvalue weighted by atomic mass is 10.0. The van der Waals surface area contributed by atoms with Crippen LogP contribution in [0.4, 0.5) is 5.69 Å². The SMILES string of the molecule is O=C1CC(COCc2ccccc2)CN(c2ccccc2)N1. The number of benzene rings is 2. The molecule has 0 radical (unpaired) electrons. The third kappa shape index (κ3) is 3.86. The minimum atomic E-state index is 0.0448. The van der Waals surface area contributed by atoms with E-state index in [-0.39, 0.29) is 11.8 Å². The zero-order valence-corrected chi connectivity index (χ0v) is 12.4. The highest BCUT2D eigenvalue weighted by Crippen LogP contribution is 2.19. The molecule has 1 fully saturated rings. The monoisotopic (exact) mass is 296 g/mol. The van der Waals surface area contributed by atoms with Crippen molar-refractivity contribution >= 4 is 11.6 Å². The predicted octanol–water partition coefficient (Wildman–Crippen LogP) is 2.76. The lowest BCUT2D eigenvalue weighted by Crippen LogP contribution is -2.51. The molecule has 2 aromatic carbocycles. The molecule has 1 heterocycles. The molecule has 1 N–H and O–H groups in total. The molecule has 4 nitrogen and oxygen atoms in total. The van der Waals surface area contributed by atoms with Gasteiger partial charge in [0.1, 0.15) is 0 Å². The van der Waals surface area contributed by atoms with E-state index in [1.807, 2.05) is 65.7 Å². The van der Waals surface area contributed by atoms with E-state index >= 15 is 0 Å². The maximum absolute atomic E-state index is 11.9. The molecule has 1 saturated heterocycles. The largest absolute Gasteiger partial charge is 0.376 e. The summed E-state index contributed by atoms with van der Waals surface area (Å²) in [5.41, 5.74) is 5.07. The molecule has 114 valence electrons. The summed E-state index contributed by atoms with van der Waals surface area (Å²) in [5, 5.41) is 1.91. The van der Waals surface area contributed by atoms with Gasteiger partial charge in [-0.25, -0.2) is 0 Å². The van der Waals surface area contributed by atoms with Gasteiger partial charge in [0.05, 0.1) is 18.9 Å². The number of rotatable bonds is 5. The van der Waals surface area contributed by atoms with Crippen LogP contribution in [0, 0.1) is 5.92 Å². The molecule has 0 saturated carbocycles. The average molecular weight is 296 g/mol. The maximum atomic E-state index is 11.9. The van der Waals surface area contributed by atoms with Crippen molar-refractivity contribution in [3.8, 4) is 0 Å². The van der Waals surface area contributed by atoms with Crippen molar-refractivity contribution < 1.29 is 9.53 Å². The molecular formula is C18H20N2O2. The number of carbonyl (C=O) groups excluding carboxylic acids is 1. The van der Waals surface area contributed by atoms with Gasteiger partial charge in [-0.3, -0.25) is 15.2 Å². The molecular weight excluding hydrogens is 276 g/mol. The van der Waals surface area contributed by atoms with Crippen LogP contribution < -0.4 is 10.4 Å². The number of carbonyl (C=O) groups is 1. The van der Waals surface area contributed by atoms with Crippen molar-refractivity contribution in [3.05, 3.63) is 66.2 Å². The summed E-state index contributed by atoms with van der Waals surface area (Å²) >= 11 is 0. The standard InChI is InChI=1S/C18H20N2O2/c21-18-11-16(14-22-13-15-7-3-1-4-8-15)12-20(19-18)17-9-5-2-6-10-17/h1-10,16H,11-14H2,(H,19,21). The van der Waals surface area contributed by atoms with E-state index in [0.29, 0.717) is 19.6 Å². The summed E-state index contributed by atoms with van der Waals surface area (Å²) in [5.74, 6) is 0.251. The summed E-state index contributed by atoms with van der Waals surface area (Å²) in [7, 11) is 0. The summed E-state index contributed by atoms with van der Waals surface area (Å²) < 4.78 is 5.79. The molecule has 1 atom stereocenters. The van der Waals surface area contributed by atoms with Gasteiger partial charge < -0.3 is 4.74 Å². The van der Waals surface area contributed by atoms with Crippen molar-refractivity contribution in [3.63, 3.8) is 0 Å². The van der Waals surface area contributed by atoms with Crippen LogP contribution in [0.15, 0.2) is 60.7 Å². The molecule has 4 heteroatoms. The molecule has 3 rings (SSSR count). The molecule has 0 aliphatic carbocycles. The number of hydrogen-bond acceptors (Lipinski definition) is 3. The topological polar surface area (TPSA) is 41.6 Å². The van der Waals surface area contributed by atoms with Crippen LogP contribution in [0.1, 0.15) is 12.0 Å². The van der Waals surface area contributed by atoms with Gasteiger partial charge in [0.15, 0.2) is 0 Å². The zero-order valence-electron chi connectivity index (χ0n) is 12.4. The van der Waals surface area contributed by atoms with Gasteiger partial charge in [-0.1, -0.05) is 48.5 Å². The number of nitrogens with one attached hydrogen (secondary N) is 1. The number of hydrazine groups is 1. The van der Waals surface area contributed by atoms with E-state index in [9.17, 15) is 4.79 Å². The Hall–Kier alpha value is -2.33. The summed E-state index contributed by atoms with van der Waals surface area (Å²) in [6.07, 6.45) is 0.512. The first-order valence-corrected chi connectivity index (χ1v) is 7.55. The minimum absolute atomic E-state index is 0.0448. The molecule has 0 bridgehead atoms. The molecule has 0 aromatic heterocycles. The number of amides is 1. The summed E-state index contributed by atoms with van der Waals surface area (Å²) in [4.78, 5) is 11.9. The van der Waals surface area contributed by atoms with Gasteiger partial charge in [-0.15, -0.1) is 0 Å². The van der Waals surface area contributed by atoms with Crippen molar-refractivity contribution in [1.29, 1.82) is 0 Å². The Morgan fingerprint density at radius 2 is 1.73 bits per heavy atom.